The van der Waals surface area contributed by atoms with Crippen LogP contribution in [0.25, 0.3) is 0 Å². The molecule has 1 aromatic carbocycles. The van der Waals surface area contributed by atoms with E-state index in [0.717, 1.165) is 0 Å². The topological polar surface area (TPSA) is 40.5 Å². The minimum atomic E-state index is -0.194. The number of hydrogen-bond donors (Lipinski definition) is 2. The van der Waals surface area contributed by atoms with Crippen molar-refractivity contribution in [2.75, 3.05) is 6.26 Å². The van der Waals surface area contributed by atoms with Gasteiger partial charge in [0.25, 0.3) is 0 Å². The predicted octanol–water partition coefficient (Wildman–Crippen LogP) is 2.26. The lowest BCUT2D eigenvalue weighted by atomic mass is 10.2. The van der Waals surface area contributed by atoms with Crippen LogP contribution in [0.2, 0.25) is 5.02 Å². The summed E-state index contributed by atoms with van der Waals surface area (Å²) in [6.07, 6.45) is 1.84. The van der Waals surface area contributed by atoms with Crippen molar-refractivity contribution in [3.8, 4) is 5.75 Å². The highest BCUT2D eigenvalue weighted by molar-refractivity contribution is 7.98. The highest BCUT2D eigenvalue weighted by Gasteiger charge is 2.07. The van der Waals surface area contributed by atoms with Crippen molar-refractivity contribution in [2.24, 2.45) is 0 Å². The van der Waals surface area contributed by atoms with E-state index in [4.69, 9.17) is 16.7 Å². The Morgan fingerprint density at radius 3 is 2.67 bits per heavy atom. The van der Waals surface area contributed by atoms with Crippen molar-refractivity contribution in [1.82, 2.24) is 0 Å². The number of aliphatic hydroxyl groups excluding tert-OH is 1. The molecular weight excluding hydrogens is 196 g/mol. The van der Waals surface area contributed by atoms with Gasteiger partial charge < -0.3 is 10.2 Å². The monoisotopic (exact) mass is 204 g/mol. The first-order valence-corrected chi connectivity index (χ1v) is 4.95. The fourth-order valence-corrected chi connectivity index (χ4v) is 1.78. The number of aliphatic hydroxyl groups is 1. The minimum absolute atomic E-state index is 0.120. The number of phenols is 1. The molecule has 0 amide bonds. The summed E-state index contributed by atoms with van der Waals surface area (Å²) in [6.45, 7) is -0.194. The van der Waals surface area contributed by atoms with Crippen molar-refractivity contribution < 1.29 is 10.2 Å². The zero-order valence-electron chi connectivity index (χ0n) is 6.54. The molecule has 12 heavy (non-hydrogen) atoms. The van der Waals surface area contributed by atoms with Crippen LogP contribution in [0.4, 0.5) is 0 Å². The summed E-state index contributed by atoms with van der Waals surface area (Å²) in [6, 6.07) is 3.22. The number of aromatic hydroxyl groups is 1. The Labute approximate surface area is 80.2 Å². The third-order valence-corrected chi connectivity index (χ3v) is 2.48. The van der Waals surface area contributed by atoms with E-state index in [1.54, 1.807) is 12.1 Å². The third kappa shape index (κ3) is 1.86. The Morgan fingerprint density at radius 1 is 1.50 bits per heavy atom. The third-order valence-electron chi connectivity index (χ3n) is 1.51. The van der Waals surface area contributed by atoms with Gasteiger partial charge in [-0.25, -0.2) is 0 Å². The van der Waals surface area contributed by atoms with E-state index in [-0.39, 0.29) is 12.4 Å². The van der Waals surface area contributed by atoms with Crippen LogP contribution in [0.5, 0.6) is 5.75 Å². The molecule has 0 saturated carbocycles. The second-order valence-corrected chi connectivity index (χ2v) is 3.56. The predicted molar refractivity (Wildman–Crippen MR) is 50.8 cm³/mol. The lowest BCUT2D eigenvalue weighted by Gasteiger charge is -2.06. The molecule has 0 unspecified atom stereocenters. The van der Waals surface area contributed by atoms with E-state index in [9.17, 15) is 5.11 Å². The zero-order chi connectivity index (χ0) is 9.14. The quantitative estimate of drug-likeness (QED) is 0.727. The fourth-order valence-electron chi connectivity index (χ4n) is 0.904. The molecule has 0 aliphatic heterocycles. The van der Waals surface area contributed by atoms with Crippen molar-refractivity contribution in [3.63, 3.8) is 0 Å². The molecule has 0 aromatic heterocycles. The Balaban J connectivity index is 3.22. The summed E-state index contributed by atoms with van der Waals surface area (Å²) in [5.41, 5.74) is 0.465. The van der Waals surface area contributed by atoms with Crippen LogP contribution in [0, 0.1) is 0 Å². The fraction of sp³-hybridized carbons (Fsp3) is 0.250. The van der Waals surface area contributed by atoms with Crippen LogP contribution < -0.4 is 0 Å². The molecule has 4 heteroatoms. The van der Waals surface area contributed by atoms with Gasteiger partial charge in [-0.1, -0.05) is 11.6 Å². The van der Waals surface area contributed by atoms with Crippen LogP contribution >= 0.6 is 23.4 Å². The summed E-state index contributed by atoms with van der Waals surface area (Å²) < 4.78 is 0. The van der Waals surface area contributed by atoms with Gasteiger partial charge in [0.05, 0.1) is 11.5 Å². The zero-order valence-corrected chi connectivity index (χ0v) is 8.11. The van der Waals surface area contributed by atoms with Crippen molar-refractivity contribution in [1.29, 1.82) is 0 Å². The highest BCUT2D eigenvalue weighted by Crippen LogP contribution is 2.33. The summed E-state index contributed by atoms with van der Waals surface area (Å²) >= 11 is 7.14. The number of rotatable bonds is 2. The van der Waals surface area contributed by atoms with Gasteiger partial charge in [0, 0.05) is 10.6 Å². The standard InChI is InChI=1S/C8H9ClO2S/c1-12-7-3-6(9)2-5(4-10)8(7)11/h2-3,10-11H,4H2,1H3. The van der Waals surface area contributed by atoms with Crippen LogP contribution in [-0.4, -0.2) is 16.5 Å². The summed E-state index contributed by atoms with van der Waals surface area (Å²) in [5.74, 6) is 0.120. The van der Waals surface area contributed by atoms with Crippen molar-refractivity contribution in [2.45, 2.75) is 11.5 Å². The molecule has 0 aliphatic carbocycles. The minimum Gasteiger partial charge on any atom is -0.506 e. The Bertz CT molecular complexity index is 263. The molecule has 0 aliphatic rings. The lowest BCUT2D eigenvalue weighted by molar-refractivity contribution is 0.274. The van der Waals surface area contributed by atoms with Crippen LogP contribution in [-0.2, 0) is 6.61 Å². The first-order chi connectivity index (χ1) is 5.69. The Morgan fingerprint density at radius 2 is 2.17 bits per heavy atom. The maximum Gasteiger partial charge on any atom is 0.134 e. The normalized spacial score (nSPS) is 10.2. The molecule has 0 spiro atoms. The van der Waals surface area contributed by atoms with Gasteiger partial charge in [-0.05, 0) is 18.4 Å². The second-order valence-electron chi connectivity index (χ2n) is 2.27. The Hall–Kier alpha value is -0.380. The van der Waals surface area contributed by atoms with E-state index in [0.29, 0.717) is 15.5 Å². The summed E-state index contributed by atoms with van der Waals surface area (Å²) in [5, 5.41) is 18.8. The van der Waals surface area contributed by atoms with Gasteiger partial charge in [0.15, 0.2) is 0 Å². The highest BCUT2D eigenvalue weighted by atomic mass is 35.5. The number of thioether (sulfide) groups is 1. The maximum atomic E-state index is 9.47. The van der Waals surface area contributed by atoms with Crippen LogP contribution in [0.1, 0.15) is 5.56 Å². The van der Waals surface area contributed by atoms with Crippen molar-refractivity contribution in [3.05, 3.63) is 22.7 Å². The van der Waals surface area contributed by atoms with Gasteiger partial charge in [-0.2, -0.15) is 0 Å². The van der Waals surface area contributed by atoms with E-state index in [2.05, 4.69) is 0 Å². The van der Waals surface area contributed by atoms with Gasteiger partial charge >= 0.3 is 0 Å². The van der Waals surface area contributed by atoms with Crippen LogP contribution in [0.3, 0.4) is 0 Å². The smallest absolute Gasteiger partial charge is 0.134 e. The molecule has 0 fully saturated rings. The molecule has 2 nitrogen and oxygen atoms in total. The largest absolute Gasteiger partial charge is 0.506 e. The lowest BCUT2D eigenvalue weighted by Crippen LogP contribution is -1.86. The second kappa shape index (κ2) is 4.03. The summed E-state index contributed by atoms with van der Waals surface area (Å²) in [4.78, 5) is 0.687. The molecule has 1 rings (SSSR count). The molecule has 0 atom stereocenters. The number of benzene rings is 1. The van der Waals surface area contributed by atoms with E-state index in [1.165, 1.54) is 11.8 Å². The molecule has 66 valence electrons. The summed E-state index contributed by atoms with van der Waals surface area (Å²) in [7, 11) is 0. The maximum absolute atomic E-state index is 9.47. The Kier molecular flexibility index (Phi) is 3.26. The molecule has 1 aromatic rings. The van der Waals surface area contributed by atoms with Gasteiger partial charge in [-0.3, -0.25) is 0 Å². The molecule has 0 heterocycles. The van der Waals surface area contributed by atoms with Gasteiger partial charge in [-0.15, -0.1) is 11.8 Å². The molecule has 0 saturated heterocycles. The van der Waals surface area contributed by atoms with Gasteiger partial charge in [0.2, 0.25) is 0 Å². The molecule has 2 N–H and O–H groups in total. The number of halogens is 1. The molecule has 0 radical (unpaired) electrons. The van der Waals surface area contributed by atoms with Crippen molar-refractivity contribution >= 4 is 23.4 Å². The van der Waals surface area contributed by atoms with E-state index in [1.807, 2.05) is 6.26 Å². The van der Waals surface area contributed by atoms with E-state index >= 15 is 0 Å². The van der Waals surface area contributed by atoms with Crippen LogP contribution in [0.15, 0.2) is 17.0 Å². The SMILES string of the molecule is CSc1cc(Cl)cc(CO)c1O. The molecule has 0 bridgehead atoms. The average Bonchev–Trinajstić information content (AvgIpc) is 2.08. The first-order valence-electron chi connectivity index (χ1n) is 3.35. The molecular formula is C8H9ClO2S. The number of hydrogen-bond acceptors (Lipinski definition) is 3. The average molecular weight is 205 g/mol. The first kappa shape index (κ1) is 9.71. The van der Waals surface area contributed by atoms with Gasteiger partial charge in [0.1, 0.15) is 5.75 Å². The van der Waals surface area contributed by atoms with E-state index < -0.39 is 0 Å².